The summed E-state index contributed by atoms with van der Waals surface area (Å²) < 4.78 is 36.7. The van der Waals surface area contributed by atoms with Crippen LogP contribution in [-0.2, 0) is 18.7 Å². The third-order valence-electron chi connectivity index (χ3n) is 6.14. The molecule has 0 spiro atoms. The second-order valence-corrected chi connectivity index (χ2v) is 15.8. The largest absolute Gasteiger partial charge is 0.407 e. The van der Waals surface area contributed by atoms with Gasteiger partial charge in [-0.05, 0) is 47.3 Å². The van der Waals surface area contributed by atoms with Gasteiger partial charge in [0.25, 0.3) is 18.4 Å². The van der Waals surface area contributed by atoms with Crippen molar-refractivity contribution in [3.05, 3.63) is 90.5 Å². The first kappa shape index (κ1) is 27.3. The molecule has 0 saturated carbocycles. The van der Waals surface area contributed by atoms with Gasteiger partial charge in [-0.3, -0.25) is 4.18 Å². The van der Waals surface area contributed by atoms with Gasteiger partial charge in [0.2, 0.25) is 0 Å². The van der Waals surface area contributed by atoms with E-state index in [0.717, 1.165) is 5.56 Å². The van der Waals surface area contributed by atoms with E-state index >= 15 is 0 Å². The minimum Gasteiger partial charge on any atom is -0.407 e. The second kappa shape index (κ2) is 11.6. The van der Waals surface area contributed by atoms with Crippen LogP contribution in [0.4, 0.5) is 0 Å². The van der Waals surface area contributed by atoms with Crippen LogP contribution in [0.2, 0.25) is 5.04 Å². The van der Waals surface area contributed by atoms with E-state index in [1.54, 1.807) is 12.1 Å². The van der Waals surface area contributed by atoms with Crippen LogP contribution in [0.15, 0.2) is 89.8 Å². The highest BCUT2D eigenvalue weighted by Crippen LogP contribution is 2.36. The third-order valence-corrected chi connectivity index (χ3v) is 12.5. The molecule has 3 aromatic carbocycles. The molecule has 3 rings (SSSR count). The van der Waals surface area contributed by atoms with Gasteiger partial charge in [-0.15, -0.1) is 0 Å². The predicted octanol–water partition coefficient (Wildman–Crippen LogP) is 4.42. The monoisotopic (exact) mass is 512 g/mol. The van der Waals surface area contributed by atoms with Crippen LogP contribution in [-0.4, -0.2) is 41.2 Å². The summed E-state index contributed by atoms with van der Waals surface area (Å²) in [6, 6.07) is 27.2. The smallest absolute Gasteiger partial charge is 0.297 e. The molecule has 1 N–H and O–H groups in total. The van der Waals surface area contributed by atoms with Crippen LogP contribution < -0.4 is 10.4 Å². The predicted molar refractivity (Wildman–Crippen MR) is 143 cm³/mol. The van der Waals surface area contributed by atoms with Crippen molar-refractivity contribution in [2.45, 2.75) is 56.6 Å². The molecule has 0 heterocycles. The summed E-state index contributed by atoms with van der Waals surface area (Å²) in [5.41, 5.74) is 0.963. The molecule has 1 unspecified atom stereocenters. The number of benzene rings is 3. The van der Waals surface area contributed by atoms with Crippen molar-refractivity contribution >= 4 is 28.8 Å². The first-order valence-corrected chi connectivity index (χ1v) is 15.3. The Labute approximate surface area is 211 Å². The van der Waals surface area contributed by atoms with Crippen LogP contribution in [0.3, 0.4) is 0 Å². The first-order valence-electron chi connectivity index (χ1n) is 12.0. The number of aliphatic hydroxyl groups excluding tert-OH is 1. The number of rotatable bonds is 11. The summed E-state index contributed by atoms with van der Waals surface area (Å²) in [5, 5.41) is 12.7. The minimum atomic E-state index is -3.90. The van der Waals surface area contributed by atoms with Crippen LogP contribution in [0.1, 0.15) is 39.2 Å². The lowest BCUT2D eigenvalue weighted by atomic mass is 10.2. The van der Waals surface area contributed by atoms with Gasteiger partial charge in [0.1, 0.15) is 0 Å². The molecule has 0 fully saturated rings. The molecule has 5 nitrogen and oxygen atoms in total. The van der Waals surface area contributed by atoms with Gasteiger partial charge in [-0.25, -0.2) is 0 Å². The molecule has 188 valence electrons. The lowest BCUT2D eigenvalue weighted by Crippen LogP contribution is -2.66. The van der Waals surface area contributed by atoms with Crippen LogP contribution in [0.5, 0.6) is 0 Å². The van der Waals surface area contributed by atoms with Gasteiger partial charge < -0.3 is 9.53 Å². The average molecular weight is 513 g/mol. The number of hydrogen-bond donors (Lipinski definition) is 1. The van der Waals surface area contributed by atoms with Crippen molar-refractivity contribution in [1.82, 2.24) is 0 Å². The number of hydrogen-bond acceptors (Lipinski definition) is 5. The molecule has 0 bridgehead atoms. The third kappa shape index (κ3) is 6.68. The fraction of sp³-hybridized carbons (Fsp3) is 0.357. The number of aliphatic hydroxyl groups is 1. The molecule has 0 aliphatic rings. The van der Waals surface area contributed by atoms with Crippen molar-refractivity contribution in [2.24, 2.45) is 0 Å². The number of aryl methyl sites for hydroxylation is 1. The van der Waals surface area contributed by atoms with E-state index in [0.29, 0.717) is 19.4 Å². The molecule has 0 amide bonds. The maximum Gasteiger partial charge on any atom is 0.297 e. The molecule has 0 aliphatic carbocycles. The van der Waals surface area contributed by atoms with Crippen molar-refractivity contribution in [1.29, 1.82) is 0 Å². The Kier molecular flexibility index (Phi) is 9.07. The van der Waals surface area contributed by atoms with Crippen LogP contribution >= 0.6 is 0 Å². The molecule has 0 radical (unpaired) electrons. The zero-order valence-electron chi connectivity index (χ0n) is 21.0. The summed E-state index contributed by atoms with van der Waals surface area (Å²) in [4.78, 5) is 0.0883. The Morgan fingerprint density at radius 2 is 1.37 bits per heavy atom. The normalized spacial score (nSPS) is 13.5. The molecule has 7 heteroatoms. The zero-order valence-corrected chi connectivity index (χ0v) is 22.8. The fourth-order valence-electron chi connectivity index (χ4n) is 4.33. The average Bonchev–Trinajstić information content (AvgIpc) is 2.83. The fourth-order valence-corrected chi connectivity index (χ4v) is 9.88. The summed E-state index contributed by atoms with van der Waals surface area (Å²) in [7, 11) is -6.53. The van der Waals surface area contributed by atoms with Gasteiger partial charge in [0.05, 0.1) is 17.6 Å². The van der Waals surface area contributed by atoms with Gasteiger partial charge in [0.15, 0.2) is 0 Å². The highest BCUT2D eigenvalue weighted by atomic mass is 32.2. The Balaban J connectivity index is 1.65. The minimum absolute atomic E-state index is 0.0883. The highest BCUT2D eigenvalue weighted by Gasteiger charge is 2.49. The first-order chi connectivity index (χ1) is 16.6. The Morgan fingerprint density at radius 3 is 1.86 bits per heavy atom. The standard InChI is InChI=1S/C28H36O5SSi/c1-23-17-19-25(20-18-23)34(30,31)32-22-24(29)12-11-21-33-35(28(2,3)4,26-13-7-5-8-14-26)27-15-9-6-10-16-27/h5-10,13-20,24,29H,11-12,21-22H2,1-4H3. The molecule has 0 aliphatic heterocycles. The molecule has 0 aromatic heterocycles. The summed E-state index contributed by atoms with van der Waals surface area (Å²) in [6.45, 7) is 8.72. The van der Waals surface area contributed by atoms with Gasteiger partial charge in [-0.1, -0.05) is 99.1 Å². The van der Waals surface area contributed by atoms with E-state index in [1.807, 2.05) is 43.3 Å². The second-order valence-electron chi connectivity index (χ2n) is 9.86. The maximum absolute atomic E-state index is 12.4. The topological polar surface area (TPSA) is 72.8 Å². The molecule has 0 saturated heterocycles. The summed E-state index contributed by atoms with van der Waals surface area (Å²) in [6.07, 6.45) is 0.0549. The Morgan fingerprint density at radius 1 is 0.857 bits per heavy atom. The summed E-state index contributed by atoms with van der Waals surface area (Å²) >= 11 is 0. The van der Waals surface area contributed by atoms with Gasteiger partial charge in [0, 0.05) is 6.61 Å². The summed E-state index contributed by atoms with van der Waals surface area (Å²) in [5.74, 6) is 0. The van der Waals surface area contributed by atoms with E-state index in [-0.39, 0.29) is 16.5 Å². The van der Waals surface area contributed by atoms with Crippen molar-refractivity contribution in [3.8, 4) is 0 Å². The Hall–Kier alpha value is -2.29. The molecule has 3 aromatic rings. The van der Waals surface area contributed by atoms with Crippen molar-refractivity contribution < 1.29 is 22.1 Å². The SMILES string of the molecule is Cc1ccc(S(=O)(=O)OCC(O)CCCO[Si](c2ccccc2)(c2ccccc2)C(C)(C)C)cc1. The lowest BCUT2D eigenvalue weighted by molar-refractivity contribution is 0.0960. The molecular weight excluding hydrogens is 476 g/mol. The molecular formula is C28H36O5SSi. The van der Waals surface area contributed by atoms with E-state index in [1.165, 1.54) is 22.5 Å². The Bertz CT molecular complexity index is 1120. The lowest BCUT2D eigenvalue weighted by Gasteiger charge is -2.43. The molecule has 35 heavy (non-hydrogen) atoms. The van der Waals surface area contributed by atoms with Gasteiger partial charge >= 0.3 is 0 Å². The van der Waals surface area contributed by atoms with E-state index in [2.05, 4.69) is 45.0 Å². The van der Waals surface area contributed by atoms with E-state index in [9.17, 15) is 13.5 Å². The molecule has 1 atom stereocenters. The van der Waals surface area contributed by atoms with Crippen molar-refractivity contribution in [2.75, 3.05) is 13.2 Å². The van der Waals surface area contributed by atoms with E-state index in [4.69, 9.17) is 8.61 Å². The highest BCUT2D eigenvalue weighted by molar-refractivity contribution is 7.86. The van der Waals surface area contributed by atoms with Crippen molar-refractivity contribution in [3.63, 3.8) is 0 Å². The van der Waals surface area contributed by atoms with E-state index < -0.39 is 24.5 Å². The van der Waals surface area contributed by atoms with Gasteiger partial charge in [-0.2, -0.15) is 8.42 Å². The quantitative estimate of drug-likeness (QED) is 0.234. The zero-order chi connectivity index (χ0) is 25.5. The maximum atomic E-state index is 12.4. The van der Waals surface area contributed by atoms with Crippen LogP contribution in [0.25, 0.3) is 0 Å². The van der Waals surface area contributed by atoms with Crippen LogP contribution in [0, 0.1) is 6.92 Å².